The minimum absolute atomic E-state index is 0.0395. The average Bonchev–Trinajstić information content (AvgIpc) is 3.11. The second-order valence-electron chi connectivity index (χ2n) is 7.33. The van der Waals surface area contributed by atoms with Crippen molar-refractivity contribution in [3.63, 3.8) is 0 Å². The van der Waals surface area contributed by atoms with Gasteiger partial charge in [-0.2, -0.15) is 0 Å². The molecule has 1 saturated heterocycles. The lowest BCUT2D eigenvalue weighted by atomic mass is 9.82. The monoisotopic (exact) mass is 373 g/mol. The Labute approximate surface area is 159 Å². The number of likely N-dealkylation sites (tertiary alicyclic amines) is 1. The van der Waals surface area contributed by atoms with E-state index in [2.05, 4.69) is 0 Å². The molecule has 2 aliphatic rings. The van der Waals surface area contributed by atoms with Crippen LogP contribution in [0.2, 0.25) is 0 Å². The van der Waals surface area contributed by atoms with Crippen LogP contribution >= 0.6 is 0 Å². The lowest BCUT2D eigenvalue weighted by Crippen LogP contribution is -2.29. The maximum atomic E-state index is 12.8. The van der Waals surface area contributed by atoms with Crippen LogP contribution in [0.15, 0.2) is 23.8 Å². The molecule has 1 amide bonds. The number of benzene rings is 1. The molecule has 1 aliphatic carbocycles. The second kappa shape index (κ2) is 8.46. The largest absolute Gasteiger partial charge is 0.496 e. The number of aliphatic carboxylic acids is 1. The smallest absolute Gasteiger partial charge is 0.332 e. The van der Waals surface area contributed by atoms with E-state index in [0.29, 0.717) is 28.9 Å². The first-order valence-corrected chi connectivity index (χ1v) is 9.46. The molecule has 27 heavy (non-hydrogen) atoms. The fourth-order valence-corrected chi connectivity index (χ4v) is 4.27. The predicted octanol–water partition coefficient (Wildman–Crippen LogP) is 3.21. The number of methoxy groups -OCH3 is 2. The van der Waals surface area contributed by atoms with Crippen molar-refractivity contribution in [2.75, 3.05) is 27.3 Å². The molecule has 0 aromatic heterocycles. The van der Waals surface area contributed by atoms with E-state index in [-0.39, 0.29) is 17.9 Å². The standard InChI is InChI=1S/C21H27NO5/c1-26-18-8-5-9-19(27-2)17(18)10-16(21(24)25)11-20(23)22-12-14-6-3-4-7-15(14)13-22/h5,8-10,14-15H,3-4,6-7,11-13H2,1-2H3,(H,24,25)/b16-10+/t14-,15+. The zero-order valence-electron chi connectivity index (χ0n) is 15.9. The Morgan fingerprint density at radius 3 is 2.15 bits per heavy atom. The molecule has 1 heterocycles. The molecule has 3 rings (SSSR count). The van der Waals surface area contributed by atoms with Crippen molar-refractivity contribution in [2.24, 2.45) is 11.8 Å². The van der Waals surface area contributed by atoms with Gasteiger partial charge in [-0.3, -0.25) is 4.79 Å². The van der Waals surface area contributed by atoms with E-state index in [1.54, 1.807) is 18.2 Å². The molecule has 1 aromatic carbocycles. The maximum Gasteiger partial charge on any atom is 0.332 e. The molecule has 6 heteroatoms. The number of ether oxygens (including phenoxy) is 2. The molecular weight excluding hydrogens is 346 g/mol. The number of carbonyl (C=O) groups excluding carboxylic acids is 1. The topological polar surface area (TPSA) is 76.1 Å². The molecule has 0 bridgehead atoms. The van der Waals surface area contributed by atoms with Crippen molar-refractivity contribution in [3.05, 3.63) is 29.3 Å². The molecule has 1 aliphatic heterocycles. The summed E-state index contributed by atoms with van der Waals surface area (Å²) in [6.07, 6.45) is 6.17. The molecule has 6 nitrogen and oxygen atoms in total. The zero-order valence-corrected chi connectivity index (χ0v) is 15.9. The molecule has 0 unspecified atom stereocenters. The van der Waals surface area contributed by atoms with Gasteiger partial charge in [0, 0.05) is 18.7 Å². The first kappa shape index (κ1) is 19.3. The van der Waals surface area contributed by atoms with E-state index in [1.165, 1.54) is 46.0 Å². The van der Waals surface area contributed by atoms with E-state index >= 15 is 0 Å². The molecule has 1 saturated carbocycles. The van der Waals surface area contributed by atoms with E-state index < -0.39 is 5.97 Å². The summed E-state index contributed by atoms with van der Waals surface area (Å²) in [5, 5.41) is 9.64. The summed E-state index contributed by atoms with van der Waals surface area (Å²) in [4.78, 5) is 26.4. The summed E-state index contributed by atoms with van der Waals surface area (Å²) in [7, 11) is 3.04. The summed E-state index contributed by atoms with van der Waals surface area (Å²) < 4.78 is 10.6. The normalized spacial score (nSPS) is 22.3. The Bertz CT molecular complexity index is 706. The molecule has 1 N–H and O–H groups in total. The van der Waals surface area contributed by atoms with Gasteiger partial charge in [-0.1, -0.05) is 18.9 Å². The fraction of sp³-hybridized carbons (Fsp3) is 0.524. The summed E-state index contributed by atoms with van der Waals surface area (Å²) in [6, 6.07) is 5.24. The second-order valence-corrected chi connectivity index (χ2v) is 7.33. The highest BCUT2D eigenvalue weighted by atomic mass is 16.5. The van der Waals surface area contributed by atoms with Crippen molar-refractivity contribution >= 4 is 18.0 Å². The van der Waals surface area contributed by atoms with Gasteiger partial charge in [0.2, 0.25) is 5.91 Å². The first-order chi connectivity index (χ1) is 13.0. The minimum atomic E-state index is -1.10. The van der Waals surface area contributed by atoms with E-state index in [4.69, 9.17) is 9.47 Å². The number of carboxylic acid groups (broad SMARTS) is 1. The van der Waals surface area contributed by atoms with Crippen LogP contribution in [0.1, 0.15) is 37.7 Å². The van der Waals surface area contributed by atoms with Crippen molar-refractivity contribution in [3.8, 4) is 11.5 Å². The van der Waals surface area contributed by atoms with Crippen LogP contribution in [0.3, 0.4) is 0 Å². The highest BCUT2D eigenvalue weighted by Crippen LogP contribution is 2.37. The Hall–Kier alpha value is -2.50. The number of fused-ring (bicyclic) bond motifs is 1. The van der Waals surface area contributed by atoms with Gasteiger partial charge in [-0.25, -0.2) is 4.79 Å². The Morgan fingerprint density at radius 1 is 1.11 bits per heavy atom. The van der Waals surface area contributed by atoms with Crippen LogP contribution in [0.25, 0.3) is 6.08 Å². The molecule has 1 aromatic rings. The van der Waals surface area contributed by atoms with Gasteiger partial charge in [0.25, 0.3) is 0 Å². The van der Waals surface area contributed by atoms with Crippen LogP contribution in [0.5, 0.6) is 11.5 Å². The molecule has 2 atom stereocenters. The quantitative estimate of drug-likeness (QED) is 0.775. The van der Waals surface area contributed by atoms with Crippen LogP contribution in [0, 0.1) is 11.8 Å². The third-order valence-corrected chi connectivity index (χ3v) is 5.73. The number of amides is 1. The van der Waals surface area contributed by atoms with Gasteiger partial charge in [-0.15, -0.1) is 0 Å². The Balaban J connectivity index is 1.80. The van der Waals surface area contributed by atoms with E-state index in [9.17, 15) is 14.7 Å². The predicted molar refractivity (Wildman–Crippen MR) is 102 cm³/mol. The number of carbonyl (C=O) groups is 2. The number of hydrogen-bond acceptors (Lipinski definition) is 4. The molecule has 2 fully saturated rings. The van der Waals surface area contributed by atoms with Gasteiger partial charge >= 0.3 is 5.97 Å². The van der Waals surface area contributed by atoms with Crippen molar-refractivity contribution in [1.29, 1.82) is 0 Å². The van der Waals surface area contributed by atoms with Crippen LogP contribution in [-0.4, -0.2) is 49.2 Å². The van der Waals surface area contributed by atoms with E-state index in [0.717, 1.165) is 13.1 Å². The van der Waals surface area contributed by atoms with Crippen LogP contribution < -0.4 is 9.47 Å². The number of carboxylic acids is 1. The lowest BCUT2D eigenvalue weighted by Gasteiger charge is -2.22. The number of nitrogens with zero attached hydrogens (tertiary/aromatic N) is 1. The molecule has 146 valence electrons. The Morgan fingerprint density at radius 2 is 1.67 bits per heavy atom. The lowest BCUT2D eigenvalue weighted by molar-refractivity contribution is -0.136. The van der Waals surface area contributed by atoms with Gasteiger partial charge < -0.3 is 19.5 Å². The summed E-state index contributed by atoms with van der Waals surface area (Å²) in [5.74, 6) is 0.948. The van der Waals surface area contributed by atoms with Gasteiger partial charge in [0.15, 0.2) is 0 Å². The van der Waals surface area contributed by atoms with Gasteiger partial charge in [0.05, 0.1) is 26.2 Å². The maximum absolute atomic E-state index is 12.8. The molecule has 0 radical (unpaired) electrons. The number of rotatable bonds is 6. The van der Waals surface area contributed by atoms with Gasteiger partial charge in [-0.05, 0) is 42.9 Å². The SMILES string of the molecule is COc1cccc(OC)c1/C=C(\CC(=O)N1C[C@H]2CCCC[C@H]2C1)C(=O)O. The fourth-order valence-electron chi connectivity index (χ4n) is 4.27. The first-order valence-electron chi connectivity index (χ1n) is 9.46. The average molecular weight is 373 g/mol. The summed E-state index contributed by atoms with van der Waals surface area (Å²) in [6.45, 7) is 1.52. The van der Waals surface area contributed by atoms with Crippen LogP contribution in [0.4, 0.5) is 0 Å². The van der Waals surface area contributed by atoms with Crippen molar-refractivity contribution in [2.45, 2.75) is 32.1 Å². The Kier molecular flexibility index (Phi) is 6.04. The van der Waals surface area contributed by atoms with E-state index in [1.807, 2.05) is 4.90 Å². The third-order valence-electron chi connectivity index (χ3n) is 5.73. The highest BCUT2D eigenvalue weighted by molar-refractivity contribution is 5.99. The summed E-state index contributed by atoms with van der Waals surface area (Å²) >= 11 is 0. The minimum Gasteiger partial charge on any atom is -0.496 e. The molecular formula is C21H27NO5. The zero-order chi connectivity index (χ0) is 19.4. The molecule has 0 spiro atoms. The van der Waals surface area contributed by atoms with Crippen molar-refractivity contribution in [1.82, 2.24) is 4.90 Å². The highest BCUT2D eigenvalue weighted by Gasteiger charge is 2.36. The number of hydrogen-bond donors (Lipinski definition) is 1. The van der Waals surface area contributed by atoms with Crippen molar-refractivity contribution < 1.29 is 24.2 Å². The van der Waals surface area contributed by atoms with Gasteiger partial charge in [0.1, 0.15) is 11.5 Å². The van der Waals surface area contributed by atoms with Crippen LogP contribution in [-0.2, 0) is 9.59 Å². The third kappa shape index (κ3) is 4.26. The summed E-state index contributed by atoms with van der Waals surface area (Å²) in [5.41, 5.74) is 0.570.